The first-order valence-electron chi connectivity index (χ1n) is 9.00. The maximum atomic E-state index is 12.6. The van der Waals surface area contributed by atoms with Crippen molar-refractivity contribution in [3.05, 3.63) is 59.1 Å². The SMILES string of the molecule is CC(C)CNC(=O)c1ccccc1NC(=O)CN(C)S(=O)(=O)c1ccc(Cl)cc1. The molecule has 0 bridgehead atoms. The molecule has 7 nitrogen and oxygen atoms in total. The lowest BCUT2D eigenvalue weighted by atomic mass is 10.1. The first kappa shape index (κ1) is 22.9. The lowest BCUT2D eigenvalue weighted by molar-refractivity contribution is -0.116. The number of nitrogens with zero attached hydrogens (tertiary/aromatic N) is 1. The van der Waals surface area contributed by atoms with Crippen molar-refractivity contribution in [2.75, 3.05) is 25.5 Å². The average Bonchev–Trinajstić information content (AvgIpc) is 2.66. The summed E-state index contributed by atoms with van der Waals surface area (Å²) in [5.74, 6) is -0.585. The molecule has 156 valence electrons. The summed E-state index contributed by atoms with van der Waals surface area (Å²) in [6.07, 6.45) is 0. The standard InChI is InChI=1S/C20H24ClN3O4S/c1-14(2)12-22-20(26)17-6-4-5-7-18(17)23-19(25)13-24(3)29(27,28)16-10-8-15(21)9-11-16/h4-11,14H,12-13H2,1-3H3,(H,22,26)(H,23,25). The molecule has 9 heteroatoms. The number of carbonyl (C=O) groups is 2. The largest absolute Gasteiger partial charge is 0.352 e. The Kier molecular flexibility index (Phi) is 7.78. The lowest BCUT2D eigenvalue weighted by Crippen LogP contribution is -2.35. The maximum Gasteiger partial charge on any atom is 0.253 e. The van der Waals surface area contributed by atoms with Gasteiger partial charge >= 0.3 is 0 Å². The van der Waals surface area contributed by atoms with Crippen LogP contribution < -0.4 is 10.6 Å². The van der Waals surface area contributed by atoms with Crippen LogP contribution in [0.25, 0.3) is 0 Å². The molecule has 0 heterocycles. The molecule has 0 saturated carbocycles. The molecule has 29 heavy (non-hydrogen) atoms. The van der Waals surface area contributed by atoms with Gasteiger partial charge in [0, 0.05) is 18.6 Å². The van der Waals surface area contributed by atoms with Crippen LogP contribution in [0.4, 0.5) is 5.69 Å². The molecule has 0 aromatic heterocycles. The van der Waals surface area contributed by atoms with Gasteiger partial charge in [0.05, 0.1) is 22.7 Å². The van der Waals surface area contributed by atoms with Gasteiger partial charge in [-0.1, -0.05) is 37.6 Å². The number of hydrogen-bond acceptors (Lipinski definition) is 4. The van der Waals surface area contributed by atoms with Crippen molar-refractivity contribution in [3.8, 4) is 0 Å². The molecule has 0 aliphatic carbocycles. The van der Waals surface area contributed by atoms with E-state index in [-0.39, 0.29) is 16.7 Å². The van der Waals surface area contributed by atoms with E-state index < -0.39 is 22.5 Å². The van der Waals surface area contributed by atoms with Crippen molar-refractivity contribution >= 4 is 39.1 Å². The van der Waals surface area contributed by atoms with Crippen molar-refractivity contribution in [1.82, 2.24) is 9.62 Å². The normalized spacial score (nSPS) is 11.5. The second-order valence-corrected chi connectivity index (χ2v) is 9.39. The zero-order chi connectivity index (χ0) is 21.6. The van der Waals surface area contributed by atoms with Gasteiger partial charge in [0.25, 0.3) is 5.91 Å². The highest BCUT2D eigenvalue weighted by Gasteiger charge is 2.23. The van der Waals surface area contributed by atoms with Gasteiger partial charge in [0.15, 0.2) is 0 Å². The van der Waals surface area contributed by atoms with Crippen molar-refractivity contribution in [2.24, 2.45) is 5.92 Å². The highest BCUT2D eigenvalue weighted by atomic mass is 35.5. The van der Waals surface area contributed by atoms with E-state index in [4.69, 9.17) is 11.6 Å². The predicted octanol–water partition coefficient (Wildman–Crippen LogP) is 2.99. The number of likely N-dealkylation sites (N-methyl/N-ethyl adjacent to an activating group) is 1. The molecule has 2 aromatic carbocycles. The number of rotatable bonds is 8. The maximum absolute atomic E-state index is 12.6. The Bertz CT molecular complexity index is 975. The van der Waals surface area contributed by atoms with E-state index in [0.717, 1.165) is 4.31 Å². The van der Waals surface area contributed by atoms with Gasteiger partial charge in [-0.05, 0) is 42.3 Å². The van der Waals surface area contributed by atoms with Gasteiger partial charge in [-0.15, -0.1) is 0 Å². The minimum Gasteiger partial charge on any atom is -0.352 e. The molecule has 0 atom stereocenters. The topological polar surface area (TPSA) is 95.6 Å². The number of hydrogen-bond donors (Lipinski definition) is 2. The summed E-state index contributed by atoms with van der Waals surface area (Å²) in [7, 11) is -2.54. The summed E-state index contributed by atoms with van der Waals surface area (Å²) in [6, 6.07) is 12.2. The summed E-state index contributed by atoms with van der Waals surface area (Å²) >= 11 is 5.79. The molecule has 2 rings (SSSR count). The second-order valence-electron chi connectivity index (χ2n) is 6.91. The number of nitrogens with one attached hydrogen (secondary N) is 2. The zero-order valence-corrected chi connectivity index (χ0v) is 18.0. The van der Waals surface area contributed by atoms with Crippen LogP contribution in [0.2, 0.25) is 5.02 Å². The molecule has 0 unspecified atom stereocenters. The number of para-hydroxylation sites is 1. The monoisotopic (exact) mass is 437 g/mol. The third-order valence-corrected chi connectivity index (χ3v) is 6.07. The van der Waals surface area contributed by atoms with Crippen LogP contribution >= 0.6 is 11.6 Å². The van der Waals surface area contributed by atoms with E-state index in [1.54, 1.807) is 24.3 Å². The van der Waals surface area contributed by atoms with Crippen LogP contribution in [0.15, 0.2) is 53.4 Å². The first-order chi connectivity index (χ1) is 13.6. The van der Waals surface area contributed by atoms with Crippen LogP contribution in [-0.4, -0.2) is 44.7 Å². The molecule has 2 N–H and O–H groups in total. The molecule has 0 saturated heterocycles. The smallest absolute Gasteiger partial charge is 0.253 e. The fourth-order valence-electron chi connectivity index (χ4n) is 2.45. The van der Waals surface area contributed by atoms with Crippen molar-refractivity contribution < 1.29 is 18.0 Å². The van der Waals surface area contributed by atoms with E-state index in [9.17, 15) is 18.0 Å². The zero-order valence-electron chi connectivity index (χ0n) is 16.5. The Hall–Kier alpha value is -2.42. The lowest BCUT2D eigenvalue weighted by Gasteiger charge is -2.18. The van der Waals surface area contributed by atoms with Crippen molar-refractivity contribution in [2.45, 2.75) is 18.7 Å². The highest BCUT2D eigenvalue weighted by Crippen LogP contribution is 2.18. The molecule has 0 radical (unpaired) electrons. The number of halogens is 1. The van der Waals surface area contributed by atoms with Crippen LogP contribution in [0.1, 0.15) is 24.2 Å². The van der Waals surface area contributed by atoms with Crippen LogP contribution in [0, 0.1) is 5.92 Å². The molecule has 2 aromatic rings. The van der Waals surface area contributed by atoms with Crippen molar-refractivity contribution in [3.63, 3.8) is 0 Å². The average molecular weight is 438 g/mol. The second kappa shape index (κ2) is 9.87. The Balaban J connectivity index is 2.09. The predicted molar refractivity (Wildman–Crippen MR) is 114 cm³/mol. The molecule has 0 aliphatic heterocycles. The van der Waals surface area contributed by atoms with Crippen LogP contribution in [0.3, 0.4) is 0 Å². The van der Waals surface area contributed by atoms with Crippen LogP contribution in [-0.2, 0) is 14.8 Å². The quantitative estimate of drug-likeness (QED) is 0.663. The van der Waals surface area contributed by atoms with Crippen LogP contribution in [0.5, 0.6) is 0 Å². The fourth-order valence-corrected chi connectivity index (χ4v) is 3.70. The van der Waals surface area contributed by atoms with E-state index in [0.29, 0.717) is 22.8 Å². The summed E-state index contributed by atoms with van der Waals surface area (Å²) < 4.78 is 26.1. The van der Waals surface area contributed by atoms with E-state index in [1.165, 1.54) is 31.3 Å². The summed E-state index contributed by atoms with van der Waals surface area (Å²) in [6.45, 7) is 4.05. The third-order valence-electron chi connectivity index (χ3n) is 4.00. The number of anilines is 1. The first-order valence-corrected chi connectivity index (χ1v) is 10.8. The Morgan fingerprint density at radius 3 is 2.31 bits per heavy atom. The minimum atomic E-state index is -3.85. The van der Waals surface area contributed by atoms with Gasteiger partial charge in [0.1, 0.15) is 0 Å². The Morgan fingerprint density at radius 1 is 1.07 bits per heavy atom. The third kappa shape index (κ3) is 6.28. The highest BCUT2D eigenvalue weighted by molar-refractivity contribution is 7.89. The molecular weight excluding hydrogens is 414 g/mol. The summed E-state index contributed by atoms with van der Waals surface area (Å²) in [5, 5.41) is 5.83. The van der Waals surface area contributed by atoms with Gasteiger partial charge in [-0.3, -0.25) is 9.59 Å². The number of benzene rings is 2. The van der Waals surface area contributed by atoms with Gasteiger partial charge in [-0.25, -0.2) is 8.42 Å². The number of carbonyl (C=O) groups excluding carboxylic acids is 2. The molecular formula is C20H24ClN3O4S. The van der Waals surface area contributed by atoms with E-state index in [2.05, 4.69) is 10.6 Å². The van der Waals surface area contributed by atoms with E-state index >= 15 is 0 Å². The molecule has 0 fully saturated rings. The van der Waals surface area contributed by atoms with Gasteiger partial charge in [0.2, 0.25) is 15.9 Å². The van der Waals surface area contributed by atoms with Gasteiger partial charge < -0.3 is 10.6 Å². The Labute approximate surface area is 176 Å². The van der Waals surface area contributed by atoms with E-state index in [1.807, 2.05) is 13.8 Å². The molecule has 0 spiro atoms. The Morgan fingerprint density at radius 2 is 1.69 bits per heavy atom. The summed E-state index contributed by atoms with van der Waals surface area (Å²) in [4.78, 5) is 24.8. The number of sulfonamides is 1. The molecule has 0 aliphatic rings. The number of amides is 2. The summed E-state index contributed by atoms with van der Waals surface area (Å²) in [5.41, 5.74) is 0.626. The molecule has 2 amide bonds. The fraction of sp³-hybridized carbons (Fsp3) is 0.300. The van der Waals surface area contributed by atoms with Crippen molar-refractivity contribution in [1.29, 1.82) is 0 Å². The van der Waals surface area contributed by atoms with Gasteiger partial charge in [-0.2, -0.15) is 4.31 Å². The minimum absolute atomic E-state index is 0.0330.